The van der Waals surface area contributed by atoms with Gasteiger partial charge in [-0.05, 0) is 81.5 Å². The number of aromatic nitrogens is 4. The minimum absolute atomic E-state index is 0.0867. The second-order valence-electron chi connectivity index (χ2n) is 13.9. The van der Waals surface area contributed by atoms with E-state index in [0.717, 1.165) is 74.8 Å². The molecule has 3 fully saturated rings. The second kappa shape index (κ2) is 12.4. The van der Waals surface area contributed by atoms with Gasteiger partial charge in [0.2, 0.25) is 5.91 Å². The van der Waals surface area contributed by atoms with Gasteiger partial charge in [0, 0.05) is 55.3 Å². The third-order valence-electron chi connectivity index (χ3n) is 11.1. The number of H-pyrrole nitrogens is 1. The average Bonchev–Trinajstić information content (AvgIpc) is 3.82. The summed E-state index contributed by atoms with van der Waals surface area (Å²) in [4.78, 5) is 29.8. The molecule has 0 radical (unpaired) electrons. The van der Waals surface area contributed by atoms with Crippen molar-refractivity contribution in [2.75, 3.05) is 54.4 Å². The quantitative estimate of drug-likeness (QED) is 0.250. The van der Waals surface area contributed by atoms with Gasteiger partial charge in [0.1, 0.15) is 12.4 Å². The smallest absolute Gasteiger partial charge is 0.318 e. The fourth-order valence-electron chi connectivity index (χ4n) is 8.83. The second-order valence-corrected chi connectivity index (χ2v) is 13.9. The lowest BCUT2D eigenvalue weighted by Crippen LogP contribution is -2.44. The molecule has 10 nitrogen and oxygen atoms in total. The molecule has 0 bridgehead atoms. The molecule has 4 aliphatic rings. The number of fused-ring (bicyclic) bond motifs is 3. The lowest BCUT2D eigenvalue weighted by molar-refractivity contribution is -0.114. The Labute approximate surface area is 276 Å². The van der Waals surface area contributed by atoms with Crippen molar-refractivity contribution >= 4 is 33.9 Å². The predicted octanol–water partition coefficient (Wildman–Crippen LogP) is 5.83. The highest BCUT2D eigenvalue weighted by molar-refractivity contribution is 5.97. The van der Waals surface area contributed by atoms with Crippen molar-refractivity contribution in [1.82, 2.24) is 25.1 Å². The standard InChI is InChI=1S/C37H46N8O2/c1-3-26-9-4-10-27-11-5-13-32(33(26)27)43-20-14-29-31(23-43)40-36(47-24-37-15-7-18-45(37)19-8-16-37)41-35(29)44-17-6-12-28(22-44)34-30(21-38-42-34)39-25(2)46/h4-5,9-11,13,21,28H,3,6-8,12,14-20,22-24H2,1-2H3,(H,38,42)(H,39,46). The van der Waals surface area contributed by atoms with Crippen LogP contribution in [0.15, 0.2) is 42.6 Å². The van der Waals surface area contributed by atoms with Gasteiger partial charge in [0.15, 0.2) is 0 Å². The van der Waals surface area contributed by atoms with Gasteiger partial charge in [0.25, 0.3) is 0 Å². The first kappa shape index (κ1) is 30.2. The first-order valence-electron chi connectivity index (χ1n) is 17.6. The van der Waals surface area contributed by atoms with Gasteiger partial charge in [-0.1, -0.05) is 37.3 Å². The number of ether oxygens (including phenoxy) is 1. The maximum atomic E-state index is 11.9. The van der Waals surface area contributed by atoms with E-state index in [2.05, 4.69) is 73.5 Å². The molecule has 47 heavy (non-hydrogen) atoms. The Morgan fingerprint density at radius 2 is 1.87 bits per heavy atom. The number of rotatable bonds is 8. The third kappa shape index (κ3) is 5.60. The van der Waals surface area contributed by atoms with Crippen LogP contribution in [0.1, 0.15) is 80.8 Å². The number of piperidine rings is 1. The highest BCUT2D eigenvalue weighted by Crippen LogP contribution is 2.41. The number of nitrogens with one attached hydrogen (secondary N) is 2. The summed E-state index contributed by atoms with van der Waals surface area (Å²) in [7, 11) is 0. The monoisotopic (exact) mass is 634 g/mol. The zero-order chi connectivity index (χ0) is 32.0. The van der Waals surface area contributed by atoms with E-state index < -0.39 is 0 Å². The number of hydrogen-bond donors (Lipinski definition) is 2. The molecule has 3 saturated heterocycles. The maximum Gasteiger partial charge on any atom is 0.318 e. The Morgan fingerprint density at radius 1 is 1.04 bits per heavy atom. The molecule has 0 spiro atoms. The number of aromatic amines is 1. The summed E-state index contributed by atoms with van der Waals surface area (Å²) in [5.74, 6) is 1.10. The molecule has 1 unspecified atom stereocenters. The molecular weight excluding hydrogens is 588 g/mol. The summed E-state index contributed by atoms with van der Waals surface area (Å²) in [6.45, 7) is 10.1. The Balaban J connectivity index is 1.13. The number of aryl methyl sites for hydroxylation is 1. The minimum Gasteiger partial charge on any atom is -0.461 e. The highest BCUT2D eigenvalue weighted by Gasteiger charge is 2.45. The van der Waals surface area contributed by atoms with E-state index >= 15 is 0 Å². The molecule has 2 N–H and O–H groups in total. The van der Waals surface area contributed by atoms with Gasteiger partial charge in [-0.15, -0.1) is 0 Å². The molecular formula is C37H46N8O2. The van der Waals surface area contributed by atoms with Gasteiger partial charge < -0.3 is 19.9 Å². The topological polar surface area (TPSA) is 103 Å². The number of hydrogen-bond acceptors (Lipinski definition) is 8. The Kier molecular flexibility index (Phi) is 7.99. The van der Waals surface area contributed by atoms with Crippen LogP contribution in [0.25, 0.3) is 10.8 Å². The molecule has 2 aromatic carbocycles. The summed E-state index contributed by atoms with van der Waals surface area (Å²) in [5, 5.41) is 13.1. The molecule has 0 saturated carbocycles. The molecule has 4 aliphatic heterocycles. The molecule has 1 amide bonds. The Hall–Kier alpha value is -4.18. The van der Waals surface area contributed by atoms with E-state index in [1.807, 2.05) is 0 Å². The summed E-state index contributed by atoms with van der Waals surface area (Å²) in [5.41, 5.74) is 6.77. The van der Waals surface area contributed by atoms with Gasteiger partial charge >= 0.3 is 6.01 Å². The van der Waals surface area contributed by atoms with Crippen molar-refractivity contribution in [3.05, 3.63) is 65.1 Å². The lowest BCUT2D eigenvalue weighted by Gasteiger charge is -2.37. The largest absolute Gasteiger partial charge is 0.461 e. The summed E-state index contributed by atoms with van der Waals surface area (Å²) in [6, 6.07) is 13.8. The number of carbonyl (C=O) groups excluding carboxylic acids is 1. The Morgan fingerprint density at radius 3 is 2.68 bits per heavy atom. The van der Waals surface area contributed by atoms with E-state index in [9.17, 15) is 4.79 Å². The summed E-state index contributed by atoms with van der Waals surface area (Å²) >= 11 is 0. The summed E-state index contributed by atoms with van der Waals surface area (Å²) < 4.78 is 6.63. The lowest BCUT2D eigenvalue weighted by atomic mass is 9.93. The van der Waals surface area contributed by atoms with Crippen LogP contribution in [-0.2, 0) is 24.2 Å². The van der Waals surface area contributed by atoms with Crippen LogP contribution in [0.2, 0.25) is 0 Å². The van der Waals surface area contributed by atoms with E-state index in [0.29, 0.717) is 12.6 Å². The fraction of sp³-hybridized carbons (Fsp3) is 0.514. The van der Waals surface area contributed by atoms with Gasteiger partial charge in [-0.25, -0.2) is 0 Å². The summed E-state index contributed by atoms with van der Waals surface area (Å²) in [6.07, 6.45) is 10.5. The van der Waals surface area contributed by atoms with Gasteiger partial charge in [-0.3, -0.25) is 14.8 Å². The fourth-order valence-corrected chi connectivity index (χ4v) is 8.83. The van der Waals surface area contributed by atoms with Gasteiger partial charge in [0.05, 0.1) is 29.2 Å². The van der Waals surface area contributed by atoms with Crippen LogP contribution in [-0.4, -0.2) is 75.8 Å². The maximum absolute atomic E-state index is 11.9. The van der Waals surface area contributed by atoms with E-state index in [1.165, 1.54) is 66.4 Å². The van der Waals surface area contributed by atoms with Crippen molar-refractivity contribution in [3.8, 4) is 6.01 Å². The molecule has 2 aromatic heterocycles. The molecule has 8 rings (SSSR count). The highest BCUT2D eigenvalue weighted by atomic mass is 16.5. The van der Waals surface area contributed by atoms with Crippen LogP contribution in [0.3, 0.4) is 0 Å². The average molecular weight is 635 g/mol. The molecule has 0 aliphatic carbocycles. The van der Waals surface area contributed by atoms with Gasteiger partial charge in [-0.2, -0.15) is 15.1 Å². The zero-order valence-corrected chi connectivity index (χ0v) is 27.7. The SMILES string of the molecule is CCc1cccc2cccc(N3CCc4c(nc(OCC56CCCN5CCC6)nc4N4CCCC(c5n[nH]cc5NC(C)=O)C4)C3)c12. The molecule has 10 heteroatoms. The zero-order valence-electron chi connectivity index (χ0n) is 27.7. The first-order valence-corrected chi connectivity index (χ1v) is 17.6. The van der Waals surface area contributed by atoms with Crippen LogP contribution < -0.4 is 19.9 Å². The third-order valence-corrected chi connectivity index (χ3v) is 11.1. The van der Waals surface area contributed by atoms with Crippen molar-refractivity contribution in [1.29, 1.82) is 0 Å². The minimum atomic E-state index is -0.0867. The van der Waals surface area contributed by atoms with E-state index in [-0.39, 0.29) is 17.4 Å². The first-order chi connectivity index (χ1) is 23.0. The van der Waals surface area contributed by atoms with E-state index in [4.69, 9.17) is 14.7 Å². The molecule has 246 valence electrons. The number of anilines is 3. The number of carbonyl (C=O) groups is 1. The van der Waals surface area contributed by atoms with Crippen molar-refractivity contribution in [2.24, 2.45) is 0 Å². The van der Waals surface area contributed by atoms with Crippen LogP contribution in [0.4, 0.5) is 17.2 Å². The van der Waals surface area contributed by atoms with Crippen molar-refractivity contribution < 1.29 is 9.53 Å². The molecule has 6 heterocycles. The van der Waals surface area contributed by atoms with Crippen LogP contribution in [0.5, 0.6) is 6.01 Å². The van der Waals surface area contributed by atoms with Crippen molar-refractivity contribution in [2.45, 2.75) is 83.2 Å². The Bertz CT molecular complexity index is 1770. The van der Waals surface area contributed by atoms with E-state index in [1.54, 1.807) is 13.1 Å². The number of benzene rings is 2. The van der Waals surface area contributed by atoms with Crippen molar-refractivity contribution in [3.63, 3.8) is 0 Å². The molecule has 1 atom stereocenters. The number of nitrogens with zero attached hydrogens (tertiary/aromatic N) is 6. The van der Waals surface area contributed by atoms with Crippen LogP contribution >= 0.6 is 0 Å². The normalized spacial score (nSPS) is 20.8. The number of amides is 1. The predicted molar refractivity (Wildman–Crippen MR) is 185 cm³/mol. The van der Waals surface area contributed by atoms with Crippen LogP contribution in [0, 0.1) is 0 Å². The molecule has 4 aromatic rings.